The summed E-state index contributed by atoms with van der Waals surface area (Å²) in [6.45, 7) is 1.62. The van der Waals surface area contributed by atoms with Crippen LogP contribution >= 0.6 is 0 Å². The summed E-state index contributed by atoms with van der Waals surface area (Å²) in [6.07, 6.45) is 2.32. The van der Waals surface area contributed by atoms with Crippen LogP contribution in [0.1, 0.15) is 46.4 Å². The molecule has 2 unspecified atom stereocenters. The Morgan fingerprint density at radius 1 is 1.15 bits per heavy atom. The first-order chi connectivity index (χ1) is 13.0. The Morgan fingerprint density at radius 2 is 1.96 bits per heavy atom. The minimum atomic E-state index is -0.936. The lowest BCUT2D eigenvalue weighted by Gasteiger charge is -2.29. The molecule has 0 radical (unpaired) electrons. The molecule has 0 spiro atoms. The summed E-state index contributed by atoms with van der Waals surface area (Å²) < 4.78 is 0. The number of carbonyl (C=O) groups excluding carboxylic acids is 4. The minimum absolute atomic E-state index is 0.118. The summed E-state index contributed by atoms with van der Waals surface area (Å²) in [4.78, 5) is 52.9. The molecule has 8 heteroatoms. The van der Waals surface area contributed by atoms with Crippen molar-refractivity contribution in [3.8, 4) is 0 Å². The molecule has 3 heterocycles. The molecule has 0 aliphatic carbocycles. The van der Waals surface area contributed by atoms with Crippen LogP contribution in [0, 0.1) is 0 Å². The van der Waals surface area contributed by atoms with E-state index in [0.29, 0.717) is 11.1 Å². The first kappa shape index (κ1) is 17.7. The largest absolute Gasteiger partial charge is 0.367 e. The number of rotatable bonds is 4. The van der Waals surface area contributed by atoms with Crippen LogP contribution in [0.25, 0.3) is 0 Å². The molecule has 2 atom stereocenters. The highest BCUT2D eigenvalue weighted by Crippen LogP contribution is 2.36. The molecule has 0 aromatic heterocycles. The third kappa shape index (κ3) is 2.80. The number of imide groups is 2. The van der Waals surface area contributed by atoms with E-state index in [2.05, 4.69) is 15.5 Å². The van der Waals surface area contributed by atoms with E-state index in [1.807, 2.05) is 13.1 Å². The van der Waals surface area contributed by atoms with Crippen molar-refractivity contribution in [3.63, 3.8) is 0 Å². The number of hydrogen-bond donors (Lipinski definition) is 2. The molecule has 1 aromatic rings. The number of benzene rings is 1. The number of nitrogens with zero attached hydrogens (tertiary/aromatic N) is 2. The summed E-state index contributed by atoms with van der Waals surface area (Å²) in [6, 6.07) is 4.60. The number of piperidine rings is 1. The monoisotopic (exact) mass is 370 g/mol. The van der Waals surface area contributed by atoms with E-state index < -0.39 is 23.8 Å². The van der Waals surface area contributed by atoms with Gasteiger partial charge in [0.1, 0.15) is 6.04 Å². The number of fused-ring (bicyclic) bond motifs is 1. The van der Waals surface area contributed by atoms with Crippen molar-refractivity contribution in [2.45, 2.75) is 37.8 Å². The fourth-order valence-corrected chi connectivity index (χ4v) is 4.34. The van der Waals surface area contributed by atoms with Gasteiger partial charge in [-0.1, -0.05) is 6.07 Å². The predicted octanol–water partition coefficient (Wildman–Crippen LogP) is 0.276. The van der Waals surface area contributed by atoms with E-state index in [1.54, 1.807) is 12.1 Å². The maximum Gasteiger partial charge on any atom is 0.264 e. The second-order valence-corrected chi connectivity index (χ2v) is 7.19. The number of nitrogens with one attached hydrogen (secondary N) is 2. The Labute approximate surface area is 156 Å². The zero-order valence-corrected chi connectivity index (χ0v) is 15.2. The molecule has 4 rings (SSSR count). The molecule has 1 aromatic carbocycles. The number of hydrogen-bond acceptors (Lipinski definition) is 6. The van der Waals surface area contributed by atoms with Gasteiger partial charge in [0, 0.05) is 25.6 Å². The van der Waals surface area contributed by atoms with E-state index in [0.717, 1.165) is 36.5 Å². The Kier molecular flexibility index (Phi) is 4.43. The topological polar surface area (TPSA) is 98.8 Å². The van der Waals surface area contributed by atoms with Gasteiger partial charge in [-0.15, -0.1) is 0 Å². The summed E-state index contributed by atoms with van der Waals surface area (Å²) in [7, 11) is 1.89. The molecule has 4 amide bonds. The lowest BCUT2D eigenvalue weighted by Crippen LogP contribution is -2.54. The third-order valence-electron chi connectivity index (χ3n) is 5.57. The van der Waals surface area contributed by atoms with E-state index in [1.165, 1.54) is 0 Å². The molecular formula is C19H22N4O4. The van der Waals surface area contributed by atoms with Crippen LogP contribution in [-0.2, 0) is 9.59 Å². The molecule has 0 saturated carbocycles. The van der Waals surface area contributed by atoms with Gasteiger partial charge in [0.2, 0.25) is 11.8 Å². The quantitative estimate of drug-likeness (QED) is 0.739. The Balaban J connectivity index is 1.70. The molecule has 2 N–H and O–H groups in total. The fraction of sp³-hybridized carbons (Fsp3) is 0.474. The van der Waals surface area contributed by atoms with Crippen LogP contribution < -0.4 is 15.5 Å². The number of likely N-dealkylation sites (N-methyl/N-ethyl adjacent to an activating group) is 1. The average molecular weight is 370 g/mol. The molecule has 3 aliphatic heterocycles. The summed E-state index contributed by atoms with van der Waals surface area (Å²) in [5.41, 5.74) is 1.45. The van der Waals surface area contributed by atoms with Crippen molar-refractivity contribution < 1.29 is 19.2 Å². The predicted molar refractivity (Wildman–Crippen MR) is 97.4 cm³/mol. The number of amides is 4. The van der Waals surface area contributed by atoms with Crippen LogP contribution in [0.4, 0.5) is 5.69 Å². The van der Waals surface area contributed by atoms with Gasteiger partial charge in [0.15, 0.2) is 0 Å². The zero-order chi connectivity index (χ0) is 19.1. The summed E-state index contributed by atoms with van der Waals surface area (Å²) in [5, 5.41) is 5.40. The molecule has 2 saturated heterocycles. The highest BCUT2D eigenvalue weighted by atomic mass is 16.2. The second kappa shape index (κ2) is 6.77. The van der Waals surface area contributed by atoms with Crippen LogP contribution in [0.15, 0.2) is 18.2 Å². The van der Waals surface area contributed by atoms with E-state index in [9.17, 15) is 19.2 Å². The minimum Gasteiger partial charge on any atom is -0.367 e. The van der Waals surface area contributed by atoms with Crippen molar-refractivity contribution in [2.24, 2.45) is 0 Å². The smallest absolute Gasteiger partial charge is 0.264 e. The Hall–Kier alpha value is -2.74. The molecule has 8 nitrogen and oxygen atoms in total. The van der Waals surface area contributed by atoms with Gasteiger partial charge in [-0.25, -0.2) is 0 Å². The lowest BCUT2D eigenvalue weighted by molar-refractivity contribution is -0.136. The van der Waals surface area contributed by atoms with Crippen molar-refractivity contribution in [3.05, 3.63) is 29.3 Å². The summed E-state index contributed by atoms with van der Waals surface area (Å²) in [5.74, 6) is -1.87. The zero-order valence-electron chi connectivity index (χ0n) is 15.2. The second-order valence-electron chi connectivity index (χ2n) is 7.19. The first-order valence-corrected chi connectivity index (χ1v) is 9.28. The fourth-order valence-electron chi connectivity index (χ4n) is 4.34. The van der Waals surface area contributed by atoms with Gasteiger partial charge in [0.05, 0.1) is 16.8 Å². The molecule has 2 fully saturated rings. The van der Waals surface area contributed by atoms with Gasteiger partial charge < -0.3 is 10.2 Å². The first-order valence-electron chi connectivity index (χ1n) is 9.28. The van der Waals surface area contributed by atoms with Crippen molar-refractivity contribution >= 4 is 29.3 Å². The molecule has 27 heavy (non-hydrogen) atoms. The van der Waals surface area contributed by atoms with Gasteiger partial charge in [0.25, 0.3) is 11.8 Å². The van der Waals surface area contributed by atoms with Crippen molar-refractivity contribution in [1.29, 1.82) is 0 Å². The normalized spacial score (nSPS) is 25.2. The molecule has 142 valence electrons. The van der Waals surface area contributed by atoms with Crippen molar-refractivity contribution in [1.82, 2.24) is 15.5 Å². The maximum absolute atomic E-state index is 13.2. The van der Waals surface area contributed by atoms with E-state index >= 15 is 0 Å². The van der Waals surface area contributed by atoms with Gasteiger partial charge in [-0.05, 0) is 38.4 Å². The highest BCUT2D eigenvalue weighted by Gasteiger charge is 2.46. The lowest BCUT2D eigenvalue weighted by atomic mass is 10.0. The maximum atomic E-state index is 13.2. The Morgan fingerprint density at radius 3 is 2.70 bits per heavy atom. The third-order valence-corrected chi connectivity index (χ3v) is 5.57. The van der Waals surface area contributed by atoms with Gasteiger partial charge >= 0.3 is 0 Å². The molecule has 0 bridgehead atoms. The van der Waals surface area contributed by atoms with Crippen LogP contribution in [0.5, 0.6) is 0 Å². The molecular weight excluding hydrogens is 348 g/mol. The number of anilines is 1. The summed E-state index contributed by atoms with van der Waals surface area (Å²) >= 11 is 0. The van der Waals surface area contributed by atoms with Crippen molar-refractivity contribution in [2.75, 3.05) is 25.0 Å². The standard InChI is InChI=1S/C19H22N4O4/c1-20-10-11-4-3-9-22(11)13-6-2-5-12-16(13)19(27)23(18(12)26)14-7-8-15(24)21-17(14)25/h2,5-6,11,14,20H,3-4,7-10H2,1H3,(H,21,24,25). The van der Waals surface area contributed by atoms with E-state index in [-0.39, 0.29) is 24.8 Å². The Bertz CT molecular complexity index is 837. The van der Waals surface area contributed by atoms with Crippen LogP contribution in [0.3, 0.4) is 0 Å². The average Bonchev–Trinajstić information content (AvgIpc) is 3.20. The van der Waals surface area contributed by atoms with E-state index in [4.69, 9.17) is 0 Å². The van der Waals surface area contributed by atoms with Crippen LogP contribution in [0.2, 0.25) is 0 Å². The van der Waals surface area contributed by atoms with Crippen LogP contribution in [-0.4, -0.2) is 60.7 Å². The van der Waals surface area contributed by atoms with Gasteiger partial charge in [-0.2, -0.15) is 0 Å². The number of carbonyl (C=O) groups is 4. The SMILES string of the molecule is CNCC1CCCN1c1cccc2c1C(=O)N(C1CCC(=O)NC1=O)C2=O. The highest BCUT2D eigenvalue weighted by molar-refractivity contribution is 6.25. The van der Waals surface area contributed by atoms with Gasteiger partial charge in [-0.3, -0.25) is 29.4 Å². The molecule has 3 aliphatic rings.